The second kappa shape index (κ2) is 7.31. The quantitative estimate of drug-likeness (QED) is 0.864. The van der Waals surface area contributed by atoms with Gasteiger partial charge in [-0.2, -0.15) is 5.26 Å². The molecule has 0 heterocycles. The molecule has 20 heavy (non-hydrogen) atoms. The number of hydrogen-bond donors (Lipinski definition) is 1. The van der Waals surface area contributed by atoms with Gasteiger partial charge in [0.05, 0.1) is 19.1 Å². The molecule has 0 spiro atoms. The van der Waals surface area contributed by atoms with Gasteiger partial charge in [0.2, 0.25) is 0 Å². The summed E-state index contributed by atoms with van der Waals surface area (Å²) < 4.78 is 5.16. The molecule has 0 saturated heterocycles. The Hall–Kier alpha value is -1.53. The molecule has 1 aliphatic carbocycles. The topological polar surface area (TPSA) is 45.0 Å². The van der Waals surface area contributed by atoms with Crippen LogP contribution in [0.5, 0.6) is 5.75 Å². The van der Waals surface area contributed by atoms with Crippen LogP contribution in [0.3, 0.4) is 0 Å². The first-order valence-corrected chi connectivity index (χ1v) is 7.51. The van der Waals surface area contributed by atoms with E-state index in [0.29, 0.717) is 12.1 Å². The largest absolute Gasteiger partial charge is 0.497 e. The fourth-order valence-corrected chi connectivity index (χ4v) is 2.94. The Morgan fingerprint density at radius 1 is 1.35 bits per heavy atom. The van der Waals surface area contributed by atoms with E-state index in [1.54, 1.807) is 7.11 Å². The number of nitriles is 1. The molecule has 0 amide bonds. The molecule has 0 aromatic heterocycles. The Balaban J connectivity index is 1.77. The van der Waals surface area contributed by atoms with Crippen molar-refractivity contribution in [2.45, 2.75) is 51.1 Å². The summed E-state index contributed by atoms with van der Waals surface area (Å²) in [7, 11) is 1.69. The highest BCUT2D eigenvalue weighted by atomic mass is 16.5. The lowest BCUT2D eigenvalue weighted by Crippen LogP contribution is -2.38. The highest BCUT2D eigenvalue weighted by Gasteiger charge is 2.27. The number of aryl methyl sites for hydroxylation is 1. The van der Waals surface area contributed by atoms with E-state index in [1.807, 2.05) is 12.1 Å². The molecule has 0 bridgehead atoms. The molecule has 1 aromatic rings. The minimum atomic E-state index is 0.207. The summed E-state index contributed by atoms with van der Waals surface area (Å²) in [5.41, 5.74) is 1.34. The van der Waals surface area contributed by atoms with Crippen molar-refractivity contribution in [3.8, 4) is 11.8 Å². The van der Waals surface area contributed by atoms with Crippen LogP contribution in [-0.2, 0) is 6.42 Å². The SMILES string of the molecule is COc1ccc(CCC(C)NC2CCCC2C#N)cc1. The van der Waals surface area contributed by atoms with Crippen molar-refractivity contribution in [2.24, 2.45) is 5.92 Å². The predicted octanol–water partition coefficient (Wildman–Crippen LogP) is 3.30. The van der Waals surface area contributed by atoms with E-state index in [-0.39, 0.29) is 5.92 Å². The van der Waals surface area contributed by atoms with Gasteiger partial charge in [-0.1, -0.05) is 18.6 Å². The van der Waals surface area contributed by atoms with Crippen molar-refractivity contribution >= 4 is 0 Å². The van der Waals surface area contributed by atoms with Crippen LogP contribution in [0.4, 0.5) is 0 Å². The number of ether oxygens (including phenoxy) is 1. The third-order valence-corrected chi connectivity index (χ3v) is 4.21. The van der Waals surface area contributed by atoms with E-state index in [9.17, 15) is 0 Å². The summed E-state index contributed by atoms with van der Waals surface area (Å²) >= 11 is 0. The number of methoxy groups -OCH3 is 1. The smallest absolute Gasteiger partial charge is 0.118 e. The Labute approximate surface area is 121 Å². The molecule has 108 valence electrons. The zero-order valence-corrected chi connectivity index (χ0v) is 12.4. The summed E-state index contributed by atoms with van der Waals surface area (Å²) in [5.74, 6) is 1.11. The van der Waals surface area contributed by atoms with Gasteiger partial charge in [0, 0.05) is 12.1 Å². The molecule has 1 aromatic carbocycles. The highest BCUT2D eigenvalue weighted by Crippen LogP contribution is 2.25. The fraction of sp³-hybridized carbons (Fsp3) is 0.588. The van der Waals surface area contributed by atoms with Crippen LogP contribution in [0.15, 0.2) is 24.3 Å². The molecule has 3 nitrogen and oxygen atoms in total. The Kier molecular flexibility index (Phi) is 5.43. The zero-order chi connectivity index (χ0) is 14.4. The average molecular weight is 272 g/mol. The molecule has 3 atom stereocenters. The molecule has 1 aliphatic rings. The molecular weight excluding hydrogens is 248 g/mol. The third-order valence-electron chi connectivity index (χ3n) is 4.21. The van der Waals surface area contributed by atoms with Gasteiger partial charge < -0.3 is 10.1 Å². The van der Waals surface area contributed by atoms with E-state index in [2.05, 4.69) is 30.4 Å². The van der Waals surface area contributed by atoms with Crippen molar-refractivity contribution in [3.05, 3.63) is 29.8 Å². The van der Waals surface area contributed by atoms with Gasteiger partial charge >= 0.3 is 0 Å². The molecular formula is C17H24N2O. The maximum Gasteiger partial charge on any atom is 0.118 e. The normalized spacial score (nSPS) is 23.2. The van der Waals surface area contributed by atoms with Crippen LogP contribution in [0.2, 0.25) is 0 Å². The summed E-state index contributed by atoms with van der Waals surface area (Å²) in [6, 6.07) is 11.5. The van der Waals surface area contributed by atoms with E-state index >= 15 is 0 Å². The Morgan fingerprint density at radius 2 is 2.10 bits per heavy atom. The van der Waals surface area contributed by atoms with Crippen molar-refractivity contribution in [1.82, 2.24) is 5.32 Å². The van der Waals surface area contributed by atoms with Gasteiger partial charge in [-0.3, -0.25) is 0 Å². The van der Waals surface area contributed by atoms with Gasteiger partial charge in [0.25, 0.3) is 0 Å². The predicted molar refractivity (Wildman–Crippen MR) is 80.7 cm³/mol. The molecule has 1 fully saturated rings. The number of nitrogens with one attached hydrogen (secondary N) is 1. The highest BCUT2D eigenvalue weighted by molar-refractivity contribution is 5.27. The van der Waals surface area contributed by atoms with Crippen LogP contribution < -0.4 is 10.1 Å². The fourth-order valence-electron chi connectivity index (χ4n) is 2.94. The molecule has 0 radical (unpaired) electrons. The van der Waals surface area contributed by atoms with E-state index in [4.69, 9.17) is 10.00 Å². The lowest BCUT2D eigenvalue weighted by molar-refractivity contribution is 0.396. The van der Waals surface area contributed by atoms with Crippen molar-refractivity contribution in [3.63, 3.8) is 0 Å². The molecule has 2 rings (SSSR count). The minimum absolute atomic E-state index is 0.207. The van der Waals surface area contributed by atoms with Gasteiger partial charge in [-0.05, 0) is 50.3 Å². The summed E-state index contributed by atoms with van der Waals surface area (Å²) in [6.07, 6.45) is 5.54. The lowest BCUT2D eigenvalue weighted by Gasteiger charge is -2.21. The average Bonchev–Trinajstić information content (AvgIpc) is 2.92. The first-order chi connectivity index (χ1) is 9.72. The van der Waals surface area contributed by atoms with Crippen LogP contribution in [0, 0.1) is 17.2 Å². The van der Waals surface area contributed by atoms with Crippen molar-refractivity contribution < 1.29 is 4.74 Å². The van der Waals surface area contributed by atoms with Crippen LogP contribution in [0.1, 0.15) is 38.2 Å². The van der Waals surface area contributed by atoms with Gasteiger partial charge in [0.15, 0.2) is 0 Å². The summed E-state index contributed by atoms with van der Waals surface area (Å²) in [4.78, 5) is 0. The number of nitrogens with zero attached hydrogens (tertiary/aromatic N) is 1. The van der Waals surface area contributed by atoms with Crippen molar-refractivity contribution in [2.75, 3.05) is 7.11 Å². The number of benzene rings is 1. The Bertz CT molecular complexity index is 449. The van der Waals surface area contributed by atoms with E-state index in [1.165, 1.54) is 12.0 Å². The molecule has 1 saturated carbocycles. The zero-order valence-electron chi connectivity index (χ0n) is 12.4. The second-order valence-electron chi connectivity index (χ2n) is 5.73. The molecule has 3 heteroatoms. The number of hydrogen-bond acceptors (Lipinski definition) is 3. The maximum atomic E-state index is 9.10. The van der Waals surface area contributed by atoms with Crippen LogP contribution in [-0.4, -0.2) is 19.2 Å². The maximum absolute atomic E-state index is 9.10. The molecule has 0 aliphatic heterocycles. The van der Waals surface area contributed by atoms with E-state index in [0.717, 1.165) is 31.4 Å². The van der Waals surface area contributed by atoms with Gasteiger partial charge in [-0.25, -0.2) is 0 Å². The summed E-state index contributed by atoms with van der Waals surface area (Å²) in [5, 5.41) is 12.7. The monoisotopic (exact) mass is 272 g/mol. The molecule has 1 N–H and O–H groups in total. The third kappa shape index (κ3) is 3.98. The first-order valence-electron chi connectivity index (χ1n) is 7.51. The second-order valence-corrected chi connectivity index (χ2v) is 5.73. The Morgan fingerprint density at radius 3 is 2.75 bits per heavy atom. The summed E-state index contributed by atoms with van der Waals surface area (Å²) in [6.45, 7) is 2.22. The van der Waals surface area contributed by atoms with Gasteiger partial charge in [-0.15, -0.1) is 0 Å². The van der Waals surface area contributed by atoms with Crippen LogP contribution >= 0.6 is 0 Å². The van der Waals surface area contributed by atoms with Gasteiger partial charge in [0.1, 0.15) is 5.75 Å². The number of rotatable bonds is 6. The first kappa shape index (κ1) is 14.9. The lowest BCUT2D eigenvalue weighted by atomic mass is 10.0. The van der Waals surface area contributed by atoms with Crippen molar-refractivity contribution in [1.29, 1.82) is 5.26 Å². The van der Waals surface area contributed by atoms with E-state index < -0.39 is 0 Å². The standard InChI is InChI=1S/C17H24N2O/c1-13(19-17-5-3-4-15(17)12-18)6-7-14-8-10-16(20-2)11-9-14/h8-11,13,15,17,19H,3-7H2,1-2H3. The van der Waals surface area contributed by atoms with Crippen LogP contribution in [0.25, 0.3) is 0 Å². The minimum Gasteiger partial charge on any atom is -0.497 e. The molecule has 3 unspecified atom stereocenters.